The molecule has 1 aromatic heterocycles. The van der Waals surface area contributed by atoms with Gasteiger partial charge in [0, 0.05) is 23.5 Å². The molecule has 2 atom stereocenters. The Balaban J connectivity index is 0.000000704. The summed E-state index contributed by atoms with van der Waals surface area (Å²) in [4.78, 5) is 15.3. The number of thiazole rings is 1. The first-order chi connectivity index (χ1) is 9.61. The Bertz CT molecular complexity index is 576. The summed E-state index contributed by atoms with van der Waals surface area (Å²) < 4.78 is 2.41. The molecule has 20 heavy (non-hydrogen) atoms. The van der Waals surface area contributed by atoms with Gasteiger partial charge in [0.2, 0.25) is 0 Å². The lowest BCUT2D eigenvalue weighted by atomic mass is 9.91. The van der Waals surface area contributed by atoms with E-state index in [-0.39, 0.29) is 0 Å². The summed E-state index contributed by atoms with van der Waals surface area (Å²) in [5, 5.41) is 1.31. The van der Waals surface area contributed by atoms with Gasteiger partial charge in [0.15, 0.2) is 0 Å². The molecular formula is C15H19BrN2OS. The molecule has 0 saturated carbocycles. The number of rotatable bonds is 1. The molecule has 2 heterocycles. The van der Waals surface area contributed by atoms with E-state index in [1.807, 2.05) is 18.1 Å². The molecule has 1 aliphatic heterocycles. The molecule has 3 nitrogen and oxygen atoms in total. The molecule has 5 heteroatoms. The van der Waals surface area contributed by atoms with Crippen LogP contribution >= 0.6 is 27.3 Å². The number of aromatic nitrogens is 1. The van der Waals surface area contributed by atoms with Gasteiger partial charge in [-0.25, -0.2) is 4.98 Å². The molecule has 1 aliphatic rings. The van der Waals surface area contributed by atoms with E-state index in [0.29, 0.717) is 5.92 Å². The standard InChI is InChI=1S/C14H17BrN2S.CH2O/c1-9-5-10(8-17(2)7-9)14-16-12-6-11(15)3-4-13(12)18-14;1-2/h3-4,6,9-10H,5,7-8H2,1-2H3;1H2. The van der Waals surface area contributed by atoms with Crippen LogP contribution in [0.4, 0.5) is 0 Å². The molecule has 0 spiro atoms. The second kappa shape index (κ2) is 6.78. The van der Waals surface area contributed by atoms with Crippen molar-refractivity contribution in [1.29, 1.82) is 0 Å². The summed E-state index contributed by atoms with van der Waals surface area (Å²) in [6.45, 7) is 6.70. The van der Waals surface area contributed by atoms with E-state index in [4.69, 9.17) is 9.78 Å². The number of nitrogens with zero attached hydrogens (tertiary/aromatic N) is 2. The Morgan fingerprint density at radius 2 is 2.15 bits per heavy atom. The summed E-state index contributed by atoms with van der Waals surface area (Å²) in [5.41, 5.74) is 1.13. The maximum absolute atomic E-state index is 8.00. The molecule has 0 N–H and O–H groups in total. The monoisotopic (exact) mass is 354 g/mol. The second-order valence-corrected chi connectivity index (χ2v) is 7.40. The Kier molecular flexibility index (Phi) is 5.29. The van der Waals surface area contributed by atoms with Gasteiger partial charge in [-0.15, -0.1) is 11.3 Å². The number of carbonyl (C=O) groups is 1. The van der Waals surface area contributed by atoms with Gasteiger partial charge in [-0.1, -0.05) is 22.9 Å². The Hall–Kier alpha value is -0.780. The highest BCUT2D eigenvalue weighted by atomic mass is 79.9. The normalized spacial score (nSPS) is 23.4. The van der Waals surface area contributed by atoms with Crippen molar-refractivity contribution in [3.05, 3.63) is 27.7 Å². The first-order valence-corrected chi connectivity index (χ1v) is 8.26. The highest BCUT2D eigenvalue weighted by molar-refractivity contribution is 9.10. The highest BCUT2D eigenvalue weighted by Crippen LogP contribution is 2.35. The average Bonchev–Trinajstić information content (AvgIpc) is 2.83. The maximum Gasteiger partial charge on any atom is 0.106 e. The molecule has 108 valence electrons. The smallest absolute Gasteiger partial charge is 0.106 e. The van der Waals surface area contributed by atoms with Gasteiger partial charge in [-0.3, -0.25) is 0 Å². The predicted octanol–water partition coefficient (Wildman–Crippen LogP) is 3.93. The van der Waals surface area contributed by atoms with Gasteiger partial charge in [-0.2, -0.15) is 0 Å². The first kappa shape index (κ1) is 15.6. The minimum atomic E-state index is 0.606. The van der Waals surface area contributed by atoms with Crippen LogP contribution in [0.3, 0.4) is 0 Å². The molecule has 1 saturated heterocycles. The largest absolute Gasteiger partial charge is 0.307 e. The van der Waals surface area contributed by atoms with Crippen LogP contribution in [0, 0.1) is 5.92 Å². The van der Waals surface area contributed by atoms with Crippen LogP contribution in [0.15, 0.2) is 22.7 Å². The first-order valence-electron chi connectivity index (χ1n) is 6.65. The van der Waals surface area contributed by atoms with Crippen LogP contribution < -0.4 is 0 Å². The SMILES string of the molecule is C=O.CC1CC(c2nc3cc(Br)ccc3s2)CN(C)C1. The zero-order valence-electron chi connectivity index (χ0n) is 11.8. The third-order valence-corrected chi connectivity index (χ3v) is 5.25. The fourth-order valence-electron chi connectivity index (χ4n) is 2.89. The molecule has 0 bridgehead atoms. The van der Waals surface area contributed by atoms with Crippen LogP contribution in [-0.4, -0.2) is 36.8 Å². The number of halogens is 1. The zero-order chi connectivity index (χ0) is 14.7. The van der Waals surface area contributed by atoms with Crippen LogP contribution in [-0.2, 0) is 4.79 Å². The maximum atomic E-state index is 8.00. The summed E-state index contributed by atoms with van der Waals surface area (Å²) in [6.07, 6.45) is 1.27. The van der Waals surface area contributed by atoms with Crippen molar-refractivity contribution in [3.8, 4) is 0 Å². The Labute approximate surface area is 132 Å². The number of benzene rings is 1. The lowest BCUT2D eigenvalue weighted by molar-refractivity contribution is -0.0979. The lowest BCUT2D eigenvalue weighted by Crippen LogP contribution is -2.35. The number of piperidine rings is 1. The average molecular weight is 355 g/mol. The molecule has 1 fully saturated rings. The molecule has 0 amide bonds. The molecule has 2 unspecified atom stereocenters. The van der Waals surface area contributed by atoms with E-state index in [2.05, 4.69) is 53.0 Å². The summed E-state index contributed by atoms with van der Waals surface area (Å²) >= 11 is 5.37. The third kappa shape index (κ3) is 3.45. The predicted molar refractivity (Wildman–Crippen MR) is 88.5 cm³/mol. The second-order valence-electron chi connectivity index (χ2n) is 5.42. The van der Waals surface area contributed by atoms with Gasteiger partial charge >= 0.3 is 0 Å². The van der Waals surface area contributed by atoms with Crippen molar-refractivity contribution >= 4 is 44.3 Å². The van der Waals surface area contributed by atoms with Gasteiger partial charge < -0.3 is 9.69 Å². The summed E-state index contributed by atoms with van der Waals surface area (Å²) in [6, 6.07) is 6.38. The van der Waals surface area contributed by atoms with E-state index in [0.717, 1.165) is 22.5 Å². The zero-order valence-corrected chi connectivity index (χ0v) is 14.2. The number of hydrogen-bond acceptors (Lipinski definition) is 4. The minimum Gasteiger partial charge on any atom is -0.307 e. The Morgan fingerprint density at radius 3 is 2.85 bits per heavy atom. The van der Waals surface area contributed by atoms with E-state index in [1.165, 1.54) is 22.7 Å². The van der Waals surface area contributed by atoms with Crippen LogP contribution in [0.25, 0.3) is 10.2 Å². The van der Waals surface area contributed by atoms with Gasteiger partial charge in [0.25, 0.3) is 0 Å². The minimum absolute atomic E-state index is 0.606. The number of likely N-dealkylation sites (N-methyl/N-ethyl adjacent to an activating group) is 1. The van der Waals surface area contributed by atoms with Crippen molar-refractivity contribution in [2.45, 2.75) is 19.3 Å². The highest BCUT2D eigenvalue weighted by Gasteiger charge is 2.26. The van der Waals surface area contributed by atoms with Gasteiger partial charge in [0.05, 0.1) is 15.2 Å². The quantitative estimate of drug-likeness (QED) is 0.777. The van der Waals surface area contributed by atoms with Crippen LogP contribution in [0.5, 0.6) is 0 Å². The van der Waals surface area contributed by atoms with Crippen molar-refractivity contribution in [2.24, 2.45) is 5.92 Å². The molecule has 1 aromatic carbocycles. The van der Waals surface area contributed by atoms with Crippen molar-refractivity contribution in [3.63, 3.8) is 0 Å². The molecular weight excluding hydrogens is 336 g/mol. The summed E-state index contributed by atoms with van der Waals surface area (Å²) in [7, 11) is 2.21. The molecule has 2 aromatic rings. The number of hydrogen-bond donors (Lipinski definition) is 0. The number of fused-ring (bicyclic) bond motifs is 1. The van der Waals surface area contributed by atoms with Crippen molar-refractivity contribution < 1.29 is 4.79 Å². The van der Waals surface area contributed by atoms with Gasteiger partial charge in [-0.05, 0) is 37.6 Å². The van der Waals surface area contributed by atoms with Crippen molar-refractivity contribution in [2.75, 3.05) is 20.1 Å². The molecule has 0 radical (unpaired) electrons. The van der Waals surface area contributed by atoms with E-state index in [9.17, 15) is 0 Å². The lowest BCUT2D eigenvalue weighted by Gasteiger charge is -2.32. The topological polar surface area (TPSA) is 33.2 Å². The number of likely N-dealkylation sites (tertiary alicyclic amines) is 1. The third-order valence-electron chi connectivity index (χ3n) is 3.56. The van der Waals surface area contributed by atoms with Crippen molar-refractivity contribution in [1.82, 2.24) is 9.88 Å². The van der Waals surface area contributed by atoms with Crippen LogP contribution in [0.2, 0.25) is 0 Å². The summed E-state index contributed by atoms with van der Waals surface area (Å²) in [5.74, 6) is 1.38. The fraction of sp³-hybridized carbons (Fsp3) is 0.467. The van der Waals surface area contributed by atoms with Gasteiger partial charge in [0.1, 0.15) is 6.79 Å². The number of carbonyl (C=O) groups excluding carboxylic acids is 1. The fourth-order valence-corrected chi connectivity index (χ4v) is 4.29. The van der Waals surface area contributed by atoms with E-state index in [1.54, 1.807) is 0 Å². The van der Waals surface area contributed by atoms with Crippen LogP contribution in [0.1, 0.15) is 24.3 Å². The molecule has 0 aliphatic carbocycles. The Morgan fingerprint density at radius 1 is 1.40 bits per heavy atom. The van der Waals surface area contributed by atoms with E-state index < -0.39 is 0 Å². The molecule has 3 rings (SSSR count). The van der Waals surface area contributed by atoms with E-state index >= 15 is 0 Å².